The first kappa shape index (κ1) is 16.6. The van der Waals surface area contributed by atoms with Gasteiger partial charge in [-0.25, -0.2) is 13.1 Å². The van der Waals surface area contributed by atoms with Crippen LogP contribution in [0.25, 0.3) is 0 Å². The van der Waals surface area contributed by atoms with E-state index in [1.165, 1.54) is 0 Å². The molecule has 19 heavy (non-hydrogen) atoms. The summed E-state index contributed by atoms with van der Waals surface area (Å²) in [6, 6.07) is 3.85. The van der Waals surface area contributed by atoms with Crippen LogP contribution in [0.15, 0.2) is 17.5 Å². The van der Waals surface area contributed by atoms with Crippen LogP contribution in [0, 0.1) is 0 Å². The molecule has 0 spiro atoms. The van der Waals surface area contributed by atoms with Crippen LogP contribution in [0.4, 0.5) is 0 Å². The van der Waals surface area contributed by atoms with Crippen molar-refractivity contribution in [2.24, 2.45) is 0 Å². The van der Waals surface area contributed by atoms with E-state index in [2.05, 4.69) is 17.0 Å². The molecule has 0 saturated heterocycles. The summed E-state index contributed by atoms with van der Waals surface area (Å²) in [5, 5.41) is 4.63. The number of rotatable bonds is 9. The first-order chi connectivity index (χ1) is 9.01. The highest BCUT2D eigenvalue weighted by Crippen LogP contribution is 2.24. The minimum atomic E-state index is -3.29. The molecule has 0 aromatic carbocycles. The van der Waals surface area contributed by atoms with E-state index in [4.69, 9.17) is 0 Å². The number of nitrogens with one attached hydrogen (secondary N) is 2. The largest absolute Gasteiger partial charge is 0.316 e. The van der Waals surface area contributed by atoms with Gasteiger partial charge in [0.15, 0.2) is 0 Å². The van der Waals surface area contributed by atoms with Gasteiger partial charge in [0, 0.05) is 11.4 Å². The van der Waals surface area contributed by atoms with Gasteiger partial charge < -0.3 is 5.32 Å². The molecule has 6 heteroatoms. The normalized spacial score (nSPS) is 15.3. The fourth-order valence-corrected chi connectivity index (χ4v) is 3.91. The predicted molar refractivity (Wildman–Crippen MR) is 82.0 cm³/mol. The van der Waals surface area contributed by atoms with Crippen molar-refractivity contribution >= 4 is 21.4 Å². The summed E-state index contributed by atoms with van der Waals surface area (Å²) in [5.74, 6) is 0. The van der Waals surface area contributed by atoms with Crippen LogP contribution in [-0.4, -0.2) is 26.8 Å². The van der Waals surface area contributed by atoms with E-state index >= 15 is 0 Å². The molecule has 0 saturated carbocycles. The summed E-state index contributed by atoms with van der Waals surface area (Å²) in [6.07, 6.45) is 1.78. The third kappa shape index (κ3) is 5.22. The topological polar surface area (TPSA) is 58.2 Å². The zero-order valence-electron chi connectivity index (χ0n) is 11.8. The van der Waals surface area contributed by atoms with Gasteiger partial charge in [-0.1, -0.05) is 26.3 Å². The molecule has 2 N–H and O–H groups in total. The smallest absolute Gasteiger partial charge is 0.216 e. The number of thiophene rings is 1. The molecule has 1 heterocycles. The number of sulfonamides is 1. The fourth-order valence-electron chi connectivity index (χ4n) is 1.81. The average Bonchev–Trinajstić information content (AvgIpc) is 2.88. The highest BCUT2D eigenvalue weighted by atomic mass is 32.2. The van der Waals surface area contributed by atoms with Crippen LogP contribution in [0.3, 0.4) is 0 Å². The Labute approximate surface area is 120 Å². The van der Waals surface area contributed by atoms with E-state index in [1.807, 2.05) is 24.4 Å². The number of hydrogen-bond donors (Lipinski definition) is 2. The second kappa shape index (κ2) is 7.99. The quantitative estimate of drug-likeness (QED) is 0.737. The summed E-state index contributed by atoms with van der Waals surface area (Å²) in [5.41, 5.74) is 0. The van der Waals surface area contributed by atoms with E-state index in [-0.39, 0.29) is 6.04 Å². The Hall–Kier alpha value is -0.430. The molecule has 1 rings (SSSR count). The second-order valence-corrected chi connectivity index (χ2v) is 7.75. The fraction of sp³-hybridized carbons (Fsp3) is 0.692. The first-order valence-corrected chi connectivity index (χ1v) is 9.19. The third-order valence-corrected chi connectivity index (χ3v) is 5.81. The van der Waals surface area contributed by atoms with E-state index in [9.17, 15) is 8.42 Å². The van der Waals surface area contributed by atoms with Crippen LogP contribution in [-0.2, 0) is 10.0 Å². The summed E-state index contributed by atoms with van der Waals surface area (Å²) in [6.45, 7) is 7.04. The lowest BCUT2D eigenvalue weighted by Crippen LogP contribution is -2.40. The molecule has 0 aliphatic heterocycles. The van der Waals surface area contributed by atoms with Crippen molar-refractivity contribution < 1.29 is 8.42 Å². The molecule has 4 nitrogen and oxygen atoms in total. The molecule has 0 aliphatic rings. The lowest BCUT2D eigenvalue weighted by Gasteiger charge is -2.20. The first-order valence-electron chi connectivity index (χ1n) is 6.76. The van der Waals surface area contributed by atoms with Crippen molar-refractivity contribution in [3.05, 3.63) is 22.4 Å². The monoisotopic (exact) mass is 304 g/mol. The summed E-state index contributed by atoms with van der Waals surface area (Å²) in [7, 11) is -3.29. The van der Waals surface area contributed by atoms with Crippen molar-refractivity contribution in [1.82, 2.24) is 10.0 Å². The number of hydrogen-bond acceptors (Lipinski definition) is 4. The van der Waals surface area contributed by atoms with Gasteiger partial charge >= 0.3 is 0 Å². The summed E-state index contributed by atoms with van der Waals surface area (Å²) < 4.78 is 27.4. The average molecular weight is 304 g/mol. The van der Waals surface area contributed by atoms with Crippen molar-refractivity contribution in [1.29, 1.82) is 0 Å². The van der Waals surface area contributed by atoms with Gasteiger partial charge in [0.2, 0.25) is 10.0 Å². The maximum absolute atomic E-state index is 12.3. The van der Waals surface area contributed by atoms with E-state index in [1.54, 1.807) is 18.3 Å². The highest BCUT2D eigenvalue weighted by molar-refractivity contribution is 7.90. The van der Waals surface area contributed by atoms with Crippen LogP contribution in [0.1, 0.15) is 44.5 Å². The van der Waals surface area contributed by atoms with Gasteiger partial charge in [0.25, 0.3) is 0 Å². The van der Waals surface area contributed by atoms with Crippen molar-refractivity contribution in [3.8, 4) is 0 Å². The maximum atomic E-state index is 12.3. The Morgan fingerprint density at radius 3 is 2.63 bits per heavy atom. The van der Waals surface area contributed by atoms with Gasteiger partial charge in [-0.3, -0.25) is 0 Å². The molecular formula is C13H24N2O2S2. The molecule has 2 atom stereocenters. The van der Waals surface area contributed by atoms with E-state index in [0.717, 1.165) is 24.3 Å². The maximum Gasteiger partial charge on any atom is 0.216 e. The van der Waals surface area contributed by atoms with Gasteiger partial charge in [-0.15, -0.1) is 11.3 Å². The molecule has 110 valence electrons. The van der Waals surface area contributed by atoms with Crippen LogP contribution in [0.2, 0.25) is 0 Å². The van der Waals surface area contributed by atoms with Gasteiger partial charge in [0.1, 0.15) is 0 Å². The Kier molecular flexibility index (Phi) is 6.99. The summed E-state index contributed by atoms with van der Waals surface area (Å²) in [4.78, 5) is 1.08. The molecule has 1 aromatic rings. The molecule has 2 unspecified atom stereocenters. The van der Waals surface area contributed by atoms with E-state index in [0.29, 0.717) is 6.54 Å². The van der Waals surface area contributed by atoms with Gasteiger partial charge in [-0.2, -0.15) is 0 Å². The Balaban J connectivity index is 2.72. The lowest BCUT2D eigenvalue weighted by atomic mass is 10.1. The third-order valence-electron chi connectivity index (χ3n) is 2.98. The van der Waals surface area contributed by atoms with Crippen LogP contribution < -0.4 is 10.0 Å². The molecule has 0 radical (unpaired) electrons. The molecule has 1 aromatic heterocycles. The Morgan fingerprint density at radius 1 is 1.37 bits per heavy atom. The summed E-state index contributed by atoms with van der Waals surface area (Å²) >= 11 is 1.60. The molecule has 0 amide bonds. The van der Waals surface area contributed by atoms with Crippen LogP contribution >= 0.6 is 11.3 Å². The minimum Gasteiger partial charge on any atom is -0.316 e. The highest BCUT2D eigenvalue weighted by Gasteiger charge is 2.25. The van der Waals surface area contributed by atoms with Gasteiger partial charge in [-0.05, 0) is 31.3 Å². The molecule has 0 aliphatic carbocycles. The van der Waals surface area contributed by atoms with E-state index < -0.39 is 15.3 Å². The zero-order chi connectivity index (χ0) is 14.3. The standard InChI is InChI=1S/C13H24N2O2S2/c1-4-7-12(13-8-6-9-18-13)15-19(16,17)11(3)10-14-5-2/h6,8-9,11-12,14-15H,4-5,7,10H2,1-3H3. The van der Waals surface area contributed by atoms with Crippen molar-refractivity contribution in [2.45, 2.75) is 44.9 Å². The van der Waals surface area contributed by atoms with Crippen molar-refractivity contribution in [2.75, 3.05) is 13.1 Å². The minimum absolute atomic E-state index is 0.0981. The Bertz CT molecular complexity index is 443. The SMILES string of the molecule is CCCC(NS(=O)(=O)C(C)CNCC)c1cccs1. The van der Waals surface area contributed by atoms with Crippen molar-refractivity contribution in [3.63, 3.8) is 0 Å². The zero-order valence-corrected chi connectivity index (χ0v) is 13.5. The Morgan fingerprint density at radius 2 is 2.11 bits per heavy atom. The second-order valence-electron chi connectivity index (χ2n) is 4.64. The predicted octanol–water partition coefficient (Wildman–Crippen LogP) is 2.51. The van der Waals surface area contributed by atoms with Crippen LogP contribution in [0.5, 0.6) is 0 Å². The van der Waals surface area contributed by atoms with Gasteiger partial charge in [0.05, 0.1) is 11.3 Å². The molecular weight excluding hydrogens is 280 g/mol. The molecule has 0 bridgehead atoms. The lowest BCUT2D eigenvalue weighted by molar-refractivity contribution is 0.525. The molecule has 0 fully saturated rings.